The van der Waals surface area contributed by atoms with Gasteiger partial charge in [0.1, 0.15) is 0 Å². The minimum Gasteiger partial charge on any atom is -0.397 e. The molecule has 0 fully saturated rings. The molecule has 8 nitrogen and oxygen atoms in total. The van der Waals surface area contributed by atoms with Crippen molar-refractivity contribution in [3.8, 4) is 11.3 Å². The summed E-state index contributed by atoms with van der Waals surface area (Å²) in [6.45, 7) is 6.61. The first-order valence-electron chi connectivity index (χ1n) is 10.7. The van der Waals surface area contributed by atoms with Crippen molar-refractivity contribution in [3.05, 3.63) is 67.0 Å². The summed E-state index contributed by atoms with van der Waals surface area (Å²) in [4.78, 5) is 18.2. The fraction of sp³-hybridized carbons (Fsp3) is 0.292. The number of aliphatic hydroxyl groups is 1. The van der Waals surface area contributed by atoms with E-state index in [1.165, 1.54) is 0 Å². The summed E-state index contributed by atoms with van der Waals surface area (Å²) in [6.07, 6.45) is 5.46. The maximum atomic E-state index is 9.54. The first-order chi connectivity index (χ1) is 15.6. The Kier molecular flexibility index (Phi) is 8.89. The first-order valence-corrected chi connectivity index (χ1v) is 10.7. The van der Waals surface area contributed by atoms with Crippen LogP contribution in [0.4, 0.5) is 11.8 Å². The minimum absolute atomic E-state index is 0. The molecule has 0 aliphatic heterocycles. The van der Waals surface area contributed by atoms with Crippen molar-refractivity contribution in [1.29, 1.82) is 0 Å². The van der Waals surface area contributed by atoms with Gasteiger partial charge in [-0.2, -0.15) is 16.9 Å². The zero-order chi connectivity index (χ0) is 22.5. The van der Waals surface area contributed by atoms with Crippen molar-refractivity contribution in [3.63, 3.8) is 0 Å². The van der Waals surface area contributed by atoms with Gasteiger partial charge in [0.15, 0.2) is 17.0 Å². The second-order valence-electron chi connectivity index (χ2n) is 7.85. The van der Waals surface area contributed by atoms with Gasteiger partial charge in [-0.15, -0.1) is 0 Å². The summed E-state index contributed by atoms with van der Waals surface area (Å²) in [5.41, 5.74) is 4.61. The predicted molar refractivity (Wildman–Crippen MR) is 127 cm³/mol. The number of hydrogen-bond donors (Lipinski definition) is 3. The Labute approximate surface area is 219 Å². The van der Waals surface area contributed by atoms with Crippen LogP contribution in [0.2, 0.25) is 0 Å². The zero-order valence-electron chi connectivity index (χ0n) is 19.1. The van der Waals surface area contributed by atoms with Crippen LogP contribution < -0.4 is 10.6 Å². The van der Waals surface area contributed by atoms with Gasteiger partial charge in [-0.05, 0) is 31.5 Å². The first kappa shape index (κ1) is 25.2. The molecule has 0 aliphatic rings. The largest absolute Gasteiger partial charge is 0.397 e. The van der Waals surface area contributed by atoms with E-state index in [2.05, 4.69) is 68.7 Å². The summed E-state index contributed by atoms with van der Waals surface area (Å²) in [5, 5.41) is 16.1. The minimum atomic E-state index is -0.227. The standard InChI is InChI=1S/C24H28N7O.Y/c1-4-19(14-32)28-24-29-22(21-23(30-24)31(15-27-21)16(2)3)26-13-17-8-10-18(11-9-17)20-7-5-6-12-25-20;/h4-12,15-16,19,32H,13-14H2,1-3H3,(H2,26,28,29,30);/q-1;. The maximum Gasteiger partial charge on any atom is 0.224 e. The molecule has 0 aliphatic carbocycles. The number of fused-ring (bicyclic) bond motifs is 1. The van der Waals surface area contributed by atoms with Crippen LogP contribution in [-0.4, -0.2) is 42.3 Å². The summed E-state index contributed by atoms with van der Waals surface area (Å²) in [6, 6.07) is 14.2. The van der Waals surface area contributed by atoms with Gasteiger partial charge in [-0.25, -0.2) is 4.98 Å². The summed E-state index contributed by atoms with van der Waals surface area (Å²) in [7, 11) is 0. The Morgan fingerprint density at radius 2 is 1.85 bits per heavy atom. The molecular formula is C24H28N7OY-. The van der Waals surface area contributed by atoms with Crippen LogP contribution >= 0.6 is 0 Å². The Bertz CT molecular complexity index is 1160. The molecule has 0 bridgehead atoms. The number of pyridine rings is 1. The predicted octanol–water partition coefficient (Wildman–Crippen LogP) is 4.08. The molecule has 1 aromatic carbocycles. The smallest absolute Gasteiger partial charge is 0.224 e. The van der Waals surface area contributed by atoms with E-state index in [4.69, 9.17) is 0 Å². The molecule has 0 saturated carbocycles. The van der Waals surface area contributed by atoms with Crippen LogP contribution in [0.5, 0.6) is 0 Å². The molecule has 4 rings (SSSR count). The third kappa shape index (κ3) is 5.94. The number of aliphatic hydroxyl groups excluding tert-OH is 1. The van der Waals surface area contributed by atoms with E-state index in [9.17, 15) is 5.11 Å². The topological polar surface area (TPSA) is 101 Å². The van der Waals surface area contributed by atoms with Crippen LogP contribution in [0.3, 0.4) is 0 Å². The number of benzene rings is 1. The van der Waals surface area contributed by atoms with Gasteiger partial charge < -0.3 is 26.7 Å². The number of anilines is 2. The molecule has 0 saturated heterocycles. The second kappa shape index (κ2) is 11.6. The maximum absolute atomic E-state index is 9.54. The summed E-state index contributed by atoms with van der Waals surface area (Å²) < 4.78 is 2.01. The number of imidazole rings is 1. The van der Waals surface area contributed by atoms with Crippen molar-refractivity contribution < 1.29 is 37.8 Å². The zero-order valence-corrected chi connectivity index (χ0v) is 21.9. The van der Waals surface area contributed by atoms with Crippen molar-refractivity contribution >= 4 is 22.9 Å². The summed E-state index contributed by atoms with van der Waals surface area (Å²) >= 11 is 0. The summed E-state index contributed by atoms with van der Waals surface area (Å²) in [5.74, 6) is 1.10. The van der Waals surface area contributed by atoms with E-state index in [1.807, 2.05) is 36.1 Å². The van der Waals surface area contributed by atoms with Crippen molar-refractivity contribution in [2.24, 2.45) is 0 Å². The van der Waals surface area contributed by atoms with Gasteiger partial charge in [-0.3, -0.25) is 4.98 Å². The Morgan fingerprint density at radius 3 is 2.48 bits per heavy atom. The van der Waals surface area contributed by atoms with Crippen LogP contribution in [-0.2, 0) is 39.3 Å². The number of nitrogens with zero attached hydrogens (tertiary/aromatic N) is 5. The molecule has 3 aromatic heterocycles. The van der Waals surface area contributed by atoms with E-state index in [0.717, 1.165) is 28.0 Å². The van der Waals surface area contributed by atoms with Gasteiger partial charge >= 0.3 is 0 Å². The molecule has 3 heterocycles. The molecule has 1 atom stereocenters. The molecular weight excluding hydrogens is 491 g/mol. The SMILES string of the molecule is C[CH-]C(CO)Nc1nc(NCc2ccc(-c3ccccn3)cc2)c2ncn(C(C)C)c2n1.[Y]. The van der Waals surface area contributed by atoms with Gasteiger partial charge in [0.05, 0.1) is 12.0 Å². The van der Waals surface area contributed by atoms with Crippen molar-refractivity contribution in [1.82, 2.24) is 24.5 Å². The van der Waals surface area contributed by atoms with Gasteiger partial charge in [-0.1, -0.05) is 36.4 Å². The van der Waals surface area contributed by atoms with E-state index in [-0.39, 0.29) is 51.4 Å². The molecule has 4 aromatic rings. The number of rotatable bonds is 9. The van der Waals surface area contributed by atoms with Gasteiger partial charge in [0, 0.05) is 63.7 Å². The van der Waals surface area contributed by atoms with E-state index >= 15 is 0 Å². The van der Waals surface area contributed by atoms with E-state index in [0.29, 0.717) is 18.3 Å². The fourth-order valence-electron chi connectivity index (χ4n) is 3.40. The van der Waals surface area contributed by atoms with Gasteiger partial charge in [0.2, 0.25) is 5.95 Å². The Morgan fingerprint density at radius 1 is 1.06 bits per heavy atom. The van der Waals surface area contributed by atoms with Crippen LogP contribution in [0.15, 0.2) is 55.0 Å². The average Bonchev–Trinajstić information content (AvgIpc) is 3.26. The van der Waals surface area contributed by atoms with E-state index in [1.54, 1.807) is 12.5 Å². The molecule has 1 unspecified atom stereocenters. The molecule has 9 heteroatoms. The number of nitrogens with one attached hydrogen (secondary N) is 2. The number of aromatic nitrogens is 5. The van der Waals surface area contributed by atoms with E-state index < -0.39 is 0 Å². The number of hydrogen-bond acceptors (Lipinski definition) is 7. The van der Waals surface area contributed by atoms with Crippen LogP contribution in [0.25, 0.3) is 22.4 Å². The molecule has 0 spiro atoms. The third-order valence-corrected chi connectivity index (χ3v) is 5.27. The van der Waals surface area contributed by atoms with Crippen molar-refractivity contribution in [2.45, 2.75) is 39.4 Å². The third-order valence-electron chi connectivity index (χ3n) is 5.27. The monoisotopic (exact) mass is 519 g/mol. The van der Waals surface area contributed by atoms with Crippen molar-refractivity contribution in [2.75, 3.05) is 17.2 Å². The molecule has 33 heavy (non-hydrogen) atoms. The fourth-order valence-corrected chi connectivity index (χ4v) is 3.40. The molecule has 1 radical (unpaired) electrons. The van der Waals surface area contributed by atoms with Gasteiger partial charge in [0.25, 0.3) is 0 Å². The normalized spacial score (nSPS) is 11.9. The quantitative estimate of drug-likeness (QED) is 0.287. The Balaban J connectivity index is 0.00000306. The van der Waals surface area contributed by atoms with Crippen LogP contribution in [0, 0.1) is 6.42 Å². The van der Waals surface area contributed by atoms with Crippen LogP contribution in [0.1, 0.15) is 32.4 Å². The molecule has 169 valence electrons. The molecule has 0 amide bonds. The Hall–Kier alpha value is -2.42. The molecule has 3 N–H and O–H groups in total. The average molecular weight is 519 g/mol. The second-order valence-corrected chi connectivity index (χ2v) is 7.85.